The third kappa shape index (κ3) is 2.28. The van der Waals surface area contributed by atoms with Crippen LogP contribution >= 0.6 is 23.2 Å². The molecule has 0 aromatic carbocycles. The van der Waals surface area contributed by atoms with Crippen LogP contribution in [0.25, 0.3) is 0 Å². The molecule has 0 saturated carbocycles. The molecule has 7 heteroatoms. The zero-order chi connectivity index (χ0) is 13.5. The SMILES string of the molecule is CC1(C)NC(=O)N(Cc2cnc(Cl)cc2Cl)C1=O. The predicted octanol–water partition coefficient (Wildman–Crippen LogP) is 2.22. The van der Waals surface area contributed by atoms with Crippen LogP contribution in [0.3, 0.4) is 0 Å². The summed E-state index contributed by atoms with van der Waals surface area (Å²) in [5.41, 5.74) is -0.314. The smallest absolute Gasteiger partial charge is 0.324 e. The number of aromatic nitrogens is 1. The van der Waals surface area contributed by atoms with Crippen LogP contribution in [0.2, 0.25) is 10.2 Å². The minimum atomic E-state index is -0.886. The molecule has 5 nitrogen and oxygen atoms in total. The first kappa shape index (κ1) is 13.1. The van der Waals surface area contributed by atoms with Crippen LogP contribution in [0, 0.1) is 0 Å². The van der Waals surface area contributed by atoms with Gasteiger partial charge in [0.25, 0.3) is 5.91 Å². The van der Waals surface area contributed by atoms with Gasteiger partial charge >= 0.3 is 6.03 Å². The number of carbonyl (C=O) groups is 2. The number of rotatable bonds is 2. The maximum atomic E-state index is 12.0. The molecular weight excluding hydrogens is 277 g/mol. The summed E-state index contributed by atoms with van der Waals surface area (Å²) in [4.78, 5) is 28.6. The second kappa shape index (κ2) is 4.40. The zero-order valence-corrected chi connectivity index (χ0v) is 11.3. The van der Waals surface area contributed by atoms with E-state index in [4.69, 9.17) is 23.2 Å². The molecule has 1 aromatic rings. The van der Waals surface area contributed by atoms with Gasteiger partial charge in [-0.1, -0.05) is 23.2 Å². The van der Waals surface area contributed by atoms with Gasteiger partial charge in [0.05, 0.1) is 11.6 Å². The van der Waals surface area contributed by atoms with Gasteiger partial charge in [0.2, 0.25) is 0 Å². The molecule has 1 aromatic heterocycles. The minimum Gasteiger partial charge on any atom is -0.324 e. The van der Waals surface area contributed by atoms with Crippen molar-refractivity contribution in [3.05, 3.63) is 28.0 Å². The summed E-state index contributed by atoms with van der Waals surface area (Å²) in [5.74, 6) is -0.293. The van der Waals surface area contributed by atoms with Gasteiger partial charge in [0.1, 0.15) is 10.7 Å². The van der Waals surface area contributed by atoms with Crippen molar-refractivity contribution >= 4 is 35.1 Å². The molecule has 1 saturated heterocycles. The number of hydrogen-bond acceptors (Lipinski definition) is 3. The fourth-order valence-corrected chi connectivity index (χ4v) is 2.11. The Morgan fingerprint density at radius 3 is 2.56 bits per heavy atom. The number of nitrogens with zero attached hydrogens (tertiary/aromatic N) is 2. The van der Waals surface area contributed by atoms with Crippen molar-refractivity contribution in [3.63, 3.8) is 0 Å². The first-order valence-electron chi connectivity index (χ1n) is 5.25. The van der Waals surface area contributed by atoms with Gasteiger partial charge in [0, 0.05) is 11.8 Å². The molecule has 1 aliphatic rings. The molecular formula is C11H11Cl2N3O2. The monoisotopic (exact) mass is 287 g/mol. The average molecular weight is 288 g/mol. The predicted molar refractivity (Wildman–Crippen MR) is 67.4 cm³/mol. The van der Waals surface area contributed by atoms with E-state index in [1.807, 2.05) is 0 Å². The lowest BCUT2D eigenvalue weighted by atomic mass is 10.1. The molecule has 0 bridgehead atoms. The molecule has 0 aliphatic carbocycles. The van der Waals surface area contributed by atoms with Gasteiger partial charge in [-0.25, -0.2) is 9.78 Å². The molecule has 0 spiro atoms. The summed E-state index contributed by atoms with van der Waals surface area (Å²) in [7, 11) is 0. The third-order valence-electron chi connectivity index (χ3n) is 2.67. The van der Waals surface area contributed by atoms with E-state index in [0.717, 1.165) is 4.90 Å². The number of amides is 3. The lowest BCUT2D eigenvalue weighted by molar-refractivity contribution is -0.130. The Morgan fingerprint density at radius 2 is 2.06 bits per heavy atom. The van der Waals surface area contributed by atoms with Crippen LogP contribution in [-0.4, -0.2) is 27.4 Å². The second-order valence-corrected chi connectivity index (χ2v) is 5.34. The maximum Gasteiger partial charge on any atom is 0.325 e. The van der Waals surface area contributed by atoms with E-state index < -0.39 is 11.6 Å². The third-order valence-corrected chi connectivity index (χ3v) is 3.23. The number of imide groups is 1. The maximum absolute atomic E-state index is 12.0. The normalized spacial score (nSPS) is 18.1. The lowest BCUT2D eigenvalue weighted by Crippen LogP contribution is -2.40. The number of halogens is 2. The number of nitrogens with one attached hydrogen (secondary N) is 1. The largest absolute Gasteiger partial charge is 0.325 e. The Hall–Kier alpha value is -1.33. The number of carbonyl (C=O) groups excluding carboxylic acids is 2. The molecule has 1 N–H and O–H groups in total. The summed E-state index contributed by atoms with van der Waals surface area (Å²) in [6.45, 7) is 3.38. The van der Waals surface area contributed by atoms with Crippen molar-refractivity contribution in [2.24, 2.45) is 0 Å². The van der Waals surface area contributed by atoms with E-state index in [-0.39, 0.29) is 17.6 Å². The van der Waals surface area contributed by atoms with Crippen LogP contribution < -0.4 is 5.32 Å². The van der Waals surface area contributed by atoms with Gasteiger partial charge in [-0.05, 0) is 19.9 Å². The molecule has 1 aliphatic heterocycles. The first-order chi connectivity index (χ1) is 8.31. The highest BCUT2D eigenvalue weighted by molar-refractivity contribution is 6.34. The van der Waals surface area contributed by atoms with Gasteiger partial charge < -0.3 is 5.32 Å². The van der Waals surface area contributed by atoms with Crippen LogP contribution in [0.1, 0.15) is 19.4 Å². The highest BCUT2D eigenvalue weighted by Crippen LogP contribution is 2.24. The first-order valence-corrected chi connectivity index (χ1v) is 6.01. The topological polar surface area (TPSA) is 62.3 Å². The van der Waals surface area contributed by atoms with Gasteiger partial charge in [-0.3, -0.25) is 9.69 Å². The summed E-state index contributed by atoms with van der Waals surface area (Å²) < 4.78 is 0. The van der Waals surface area contributed by atoms with E-state index in [2.05, 4.69) is 10.3 Å². The van der Waals surface area contributed by atoms with Gasteiger partial charge in [0.15, 0.2) is 0 Å². The van der Waals surface area contributed by atoms with Crippen molar-refractivity contribution in [2.75, 3.05) is 0 Å². The Morgan fingerprint density at radius 1 is 1.39 bits per heavy atom. The zero-order valence-electron chi connectivity index (χ0n) is 9.83. The van der Waals surface area contributed by atoms with Crippen molar-refractivity contribution in [1.29, 1.82) is 0 Å². The Kier molecular flexibility index (Phi) is 3.21. The van der Waals surface area contributed by atoms with Crippen LogP contribution in [-0.2, 0) is 11.3 Å². The van der Waals surface area contributed by atoms with Crippen LogP contribution in [0.4, 0.5) is 4.79 Å². The average Bonchev–Trinajstić information content (AvgIpc) is 2.44. The quantitative estimate of drug-likeness (QED) is 0.670. The Bertz CT molecular complexity index is 531. The fraction of sp³-hybridized carbons (Fsp3) is 0.364. The molecule has 0 unspecified atom stereocenters. The van der Waals surface area contributed by atoms with E-state index in [1.165, 1.54) is 12.3 Å². The van der Waals surface area contributed by atoms with Crippen LogP contribution in [0.5, 0.6) is 0 Å². The Labute approximate surface area is 114 Å². The van der Waals surface area contributed by atoms with Crippen molar-refractivity contribution in [1.82, 2.24) is 15.2 Å². The summed E-state index contributed by atoms with van der Waals surface area (Å²) >= 11 is 11.7. The number of urea groups is 1. The highest BCUT2D eigenvalue weighted by Gasteiger charge is 2.44. The lowest BCUT2D eigenvalue weighted by Gasteiger charge is -2.16. The van der Waals surface area contributed by atoms with Crippen molar-refractivity contribution in [2.45, 2.75) is 25.9 Å². The molecule has 3 amide bonds. The van der Waals surface area contributed by atoms with Gasteiger partial charge in [-0.2, -0.15) is 0 Å². The molecule has 0 radical (unpaired) electrons. The fourth-order valence-electron chi connectivity index (χ4n) is 1.68. The van der Waals surface area contributed by atoms with Crippen molar-refractivity contribution < 1.29 is 9.59 Å². The van der Waals surface area contributed by atoms with Crippen LogP contribution in [0.15, 0.2) is 12.3 Å². The van der Waals surface area contributed by atoms with E-state index in [0.29, 0.717) is 10.6 Å². The molecule has 96 valence electrons. The summed E-state index contributed by atoms with van der Waals surface area (Å²) in [6.07, 6.45) is 1.45. The standard InChI is InChI=1S/C11H11Cl2N3O2/c1-11(2)9(17)16(10(18)15-11)5-6-4-14-8(13)3-7(6)12/h3-4H,5H2,1-2H3,(H,15,18). The summed E-state index contributed by atoms with van der Waals surface area (Å²) in [6, 6.07) is 1.04. The molecule has 18 heavy (non-hydrogen) atoms. The molecule has 2 rings (SSSR count). The molecule has 2 heterocycles. The van der Waals surface area contributed by atoms with E-state index >= 15 is 0 Å². The molecule has 1 fully saturated rings. The minimum absolute atomic E-state index is 0.0805. The highest BCUT2D eigenvalue weighted by atomic mass is 35.5. The van der Waals surface area contributed by atoms with Gasteiger partial charge in [-0.15, -0.1) is 0 Å². The van der Waals surface area contributed by atoms with Crippen molar-refractivity contribution in [3.8, 4) is 0 Å². The van der Waals surface area contributed by atoms with E-state index in [1.54, 1.807) is 13.8 Å². The second-order valence-electron chi connectivity index (χ2n) is 4.54. The number of hydrogen-bond donors (Lipinski definition) is 1. The number of pyridine rings is 1. The van der Waals surface area contributed by atoms with E-state index in [9.17, 15) is 9.59 Å². The Balaban J connectivity index is 2.24. The molecule has 0 atom stereocenters. The summed E-state index contributed by atoms with van der Waals surface area (Å²) in [5, 5.41) is 3.23.